The van der Waals surface area contributed by atoms with E-state index < -0.39 is 123 Å². The smallest absolute Gasteiger partial charge is 0.278 e. The van der Waals surface area contributed by atoms with E-state index in [1.807, 2.05) is 0 Å². The fourth-order valence-corrected chi connectivity index (χ4v) is 7.78. The number of nitrogens with two attached hydrogens (primary N) is 1. The molecular formula is C51H53N15O15S. The predicted octanol–water partition coefficient (Wildman–Crippen LogP) is -0.0269. The molecule has 0 radical (unpaired) electrons. The number of amides is 10. The third-order valence-electron chi connectivity index (χ3n) is 11.4. The highest BCUT2D eigenvalue weighted by molar-refractivity contribution is 7.13. The van der Waals surface area contributed by atoms with Crippen molar-refractivity contribution in [2.75, 3.05) is 0 Å². The standard InChI is InChI=1S/C51H53N15O15S/c1-13-28-49-65-34(26(10)81-49)45(76)56-21(5)40(71)66-36(51(11,12)78)46(77)58-23(7)48-64-33(25(9)80-48)44(75)55-20(4)39(70)57-22(6)47-61-30(16-79-47)35-27(50-62-31(17-82-50)42(73)63-32(24(8)67)43(74)60-28)14-15-29(59-35)41(72)54-19(3)38(69)53-18(2)37(52)68/h13-18,24,32,36,67,78H,3-7H2,1-2,8-12H3,(H2,52,68)(H,53,69)(H,54,72)(H,55,75)(H,56,76)(H,57,70)(H,58,77)(H,60,74)(H,63,73)(H,66,71). The summed E-state index contributed by atoms with van der Waals surface area (Å²) in [7, 11) is 0. The summed E-state index contributed by atoms with van der Waals surface area (Å²) in [5.74, 6) is -11.4. The number of primary amides is 1. The van der Waals surface area contributed by atoms with Crippen LogP contribution in [0.4, 0.5) is 0 Å². The molecule has 8 bridgehead atoms. The molecule has 31 heteroatoms. The summed E-state index contributed by atoms with van der Waals surface area (Å²) in [5.41, 5.74) is -0.780. The number of carbonyl (C=O) groups excluding carboxylic acids is 10. The lowest BCUT2D eigenvalue weighted by Crippen LogP contribution is -2.58. The van der Waals surface area contributed by atoms with Crippen molar-refractivity contribution in [3.63, 3.8) is 0 Å². The van der Waals surface area contributed by atoms with Gasteiger partial charge in [0.05, 0.1) is 45.9 Å². The molecule has 0 saturated carbocycles. The molecule has 0 fully saturated rings. The number of pyridine rings is 1. The van der Waals surface area contributed by atoms with Crippen molar-refractivity contribution in [2.45, 2.75) is 78.3 Å². The van der Waals surface area contributed by atoms with E-state index in [1.54, 1.807) is 0 Å². The molecule has 13 N–H and O–H groups in total. The Morgan fingerprint density at radius 2 is 1.32 bits per heavy atom. The molecule has 5 aromatic heterocycles. The Balaban J connectivity index is 1.37. The minimum absolute atomic E-state index is 0.0691. The van der Waals surface area contributed by atoms with Gasteiger partial charge in [-0.2, -0.15) is 0 Å². The average molecular weight is 1150 g/mol. The van der Waals surface area contributed by atoms with Crippen LogP contribution in [0.25, 0.3) is 39.1 Å². The maximum atomic E-state index is 13.8. The van der Waals surface area contributed by atoms with E-state index in [-0.39, 0.29) is 73.7 Å². The Kier molecular flexibility index (Phi) is 18.2. The van der Waals surface area contributed by atoms with Crippen molar-refractivity contribution in [3.8, 4) is 22.0 Å². The maximum Gasteiger partial charge on any atom is 0.278 e. The lowest BCUT2D eigenvalue weighted by atomic mass is 9.97. The van der Waals surface area contributed by atoms with Gasteiger partial charge < -0.3 is 77.0 Å². The van der Waals surface area contributed by atoms with Crippen LogP contribution < -0.4 is 53.6 Å². The Morgan fingerprint density at radius 3 is 1.91 bits per heavy atom. The monoisotopic (exact) mass is 1150 g/mol. The van der Waals surface area contributed by atoms with Crippen molar-refractivity contribution < 1.29 is 71.4 Å². The van der Waals surface area contributed by atoms with E-state index in [9.17, 15) is 58.2 Å². The average Bonchev–Trinajstić information content (AvgIpc) is 4.27. The molecule has 1 aliphatic rings. The van der Waals surface area contributed by atoms with Gasteiger partial charge in [0, 0.05) is 10.9 Å². The highest BCUT2D eigenvalue weighted by Gasteiger charge is 2.37. The summed E-state index contributed by atoms with van der Waals surface area (Å²) in [4.78, 5) is 154. The second-order valence-electron chi connectivity index (χ2n) is 18.3. The van der Waals surface area contributed by atoms with Gasteiger partial charge in [-0.25, -0.2) is 24.9 Å². The number of nitrogens with zero attached hydrogens (tertiary/aromatic N) is 5. The first kappa shape index (κ1) is 60.7. The lowest BCUT2D eigenvalue weighted by molar-refractivity contribution is -0.132. The van der Waals surface area contributed by atoms with Crippen LogP contribution in [0.15, 0.2) is 93.1 Å². The molecule has 0 saturated heterocycles. The minimum atomic E-state index is -2.00. The molecule has 0 aliphatic carbocycles. The van der Waals surface area contributed by atoms with E-state index in [0.717, 1.165) is 17.6 Å². The summed E-state index contributed by atoms with van der Waals surface area (Å²) < 4.78 is 16.9. The summed E-state index contributed by atoms with van der Waals surface area (Å²) in [6, 6.07) is -1.99. The first-order valence-corrected chi connectivity index (χ1v) is 24.8. The number of carbonyl (C=O) groups is 10. The quantitative estimate of drug-likeness (QED) is 0.0952. The van der Waals surface area contributed by atoms with Crippen LogP contribution in [0.3, 0.4) is 0 Å². The fourth-order valence-electron chi connectivity index (χ4n) is 6.95. The van der Waals surface area contributed by atoms with Crippen LogP contribution in [-0.4, -0.2) is 124 Å². The molecule has 82 heavy (non-hydrogen) atoms. The van der Waals surface area contributed by atoms with Gasteiger partial charge in [0.1, 0.15) is 63.7 Å². The number of thiazole rings is 1. The van der Waals surface area contributed by atoms with Crippen LogP contribution >= 0.6 is 11.3 Å². The van der Waals surface area contributed by atoms with Crippen LogP contribution in [-0.2, 0) is 28.8 Å². The summed E-state index contributed by atoms with van der Waals surface area (Å²) in [6.45, 7) is 27.2. The molecule has 4 unspecified atom stereocenters. The second-order valence-corrected chi connectivity index (χ2v) is 19.1. The van der Waals surface area contributed by atoms with Gasteiger partial charge in [0.2, 0.25) is 35.4 Å². The van der Waals surface area contributed by atoms with Crippen LogP contribution in [0.2, 0.25) is 0 Å². The fraction of sp³-hybridized carbons (Fsp3) is 0.235. The maximum absolute atomic E-state index is 13.8. The Morgan fingerprint density at radius 1 is 0.732 bits per heavy atom. The third kappa shape index (κ3) is 14.0. The highest BCUT2D eigenvalue weighted by atomic mass is 32.1. The number of hydrogen-bond acceptors (Lipinski definition) is 21. The number of oxazole rings is 3. The molecule has 428 valence electrons. The van der Waals surface area contributed by atoms with Crippen molar-refractivity contribution in [3.05, 3.63) is 132 Å². The van der Waals surface area contributed by atoms with Crippen molar-refractivity contribution in [1.82, 2.24) is 72.8 Å². The first-order chi connectivity index (χ1) is 38.4. The number of allylic oxidation sites excluding steroid dienone is 1. The topological polar surface area (TPSA) is 449 Å². The number of fused-ring (bicyclic) bond motifs is 11. The summed E-state index contributed by atoms with van der Waals surface area (Å²) in [6.07, 6.45) is 0.843. The number of nitrogens with one attached hydrogen (secondary N) is 9. The molecular weight excluding hydrogens is 1090 g/mol. The van der Waals surface area contributed by atoms with E-state index in [2.05, 4.69) is 106 Å². The van der Waals surface area contributed by atoms with Gasteiger partial charge >= 0.3 is 0 Å². The van der Waals surface area contributed by atoms with Crippen LogP contribution in [0, 0.1) is 13.8 Å². The summed E-state index contributed by atoms with van der Waals surface area (Å²) in [5, 5.41) is 44.0. The Labute approximate surface area is 468 Å². The predicted molar refractivity (Wildman–Crippen MR) is 287 cm³/mol. The number of aryl methyl sites for hydroxylation is 2. The number of hydrogen-bond donors (Lipinski definition) is 12. The molecule has 10 amide bonds. The van der Waals surface area contributed by atoms with Gasteiger partial charge in [-0.3, -0.25) is 47.9 Å². The van der Waals surface area contributed by atoms with E-state index in [4.69, 9.17) is 19.0 Å². The van der Waals surface area contributed by atoms with Crippen molar-refractivity contribution in [2.24, 2.45) is 5.73 Å². The SMILES string of the molecule is C=C1NC(=O)c2nc(oc2C)C(=C)NC(=O)C(C(C)(C)O)NC(=O)C(=C)NC(=O)c2nc(oc2C)C(=CC)NC(=O)C(C(C)O)NC(=O)c2csc(n2)-c2ccc(C(=O)NC(=C)C(=O)NC(C)C(N)=O)nc2-c2coc(n2)C(=C)NC1=O. The van der Waals surface area contributed by atoms with Crippen LogP contribution in [0.5, 0.6) is 0 Å². The van der Waals surface area contributed by atoms with Gasteiger partial charge in [0.15, 0.2) is 11.4 Å². The summed E-state index contributed by atoms with van der Waals surface area (Å²) >= 11 is 0.892. The normalized spacial score (nSPS) is 17.7. The van der Waals surface area contributed by atoms with Gasteiger partial charge in [-0.1, -0.05) is 39.0 Å². The molecule has 0 spiro atoms. The largest absolute Gasteiger partial charge is 0.443 e. The molecule has 4 atom stereocenters. The van der Waals surface area contributed by atoms with Crippen molar-refractivity contribution in [1.29, 1.82) is 0 Å². The molecule has 0 aromatic carbocycles. The van der Waals surface area contributed by atoms with E-state index in [1.165, 1.54) is 72.1 Å². The minimum Gasteiger partial charge on any atom is -0.443 e. The zero-order valence-corrected chi connectivity index (χ0v) is 45.5. The zero-order valence-electron chi connectivity index (χ0n) is 44.7. The first-order valence-electron chi connectivity index (χ1n) is 23.9. The van der Waals surface area contributed by atoms with Gasteiger partial charge in [0.25, 0.3) is 41.4 Å². The van der Waals surface area contributed by atoms with Gasteiger partial charge in [-0.15, -0.1) is 11.3 Å². The van der Waals surface area contributed by atoms with E-state index in [0.29, 0.717) is 0 Å². The van der Waals surface area contributed by atoms with E-state index >= 15 is 0 Å². The number of aliphatic hydroxyl groups excluding tert-OH is 1. The van der Waals surface area contributed by atoms with Crippen molar-refractivity contribution >= 4 is 87.5 Å². The third-order valence-corrected chi connectivity index (χ3v) is 12.3. The second kappa shape index (κ2) is 24.6. The highest BCUT2D eigenvalue weighted by Crippen LogP contribution is 2.33. The molecule has 30 nitrogen and oxygen atoms in total. The lowest BCUT2D eigenvalue weighted by Gasteiger charge is -2.29. The zero-order chi connectivity index (χ0) is 60.8. The van der Waals surface area contributed by atoms with Crippen LogP contribution in [0.1, 0.15) is 106 Å². The Hall–Kier alpha value is -10.5. The number of rotatable bonds is 7. The number of aromatic nitrogens is 5. The molecule has 1 aliphatic heterocycles. The Bertz CT molecular complexity index is 3610. The molecule has 6 heterocycles. The molecule has 5 aromatic rings. The number of aliphatic hydroxyl groups is 2. The molecule has 6 rings (SSSR count). The van der Waals surface area contributed by atoms with Gasteiger partial charge in [-0.05, 0) is 60.6 Å².